The zero-order valence-electron chi connectivity index (χ0n) is 11.7. The van der Waals surface area contributed by atoms with E-state index in [-0.39, 0.29) is 11.9 Å². The number of aliphatic hydroxyl groups is 1. The molecule has 0 aromatic heterocycles. The Morgan fingerprint density at radius 1 is 1.35 bits per heavy atom. The highest BCUT2D eigenvalue weighted by Crippen LogP contribution is 2.23. The molecule has 0 radical (unpaired) electrons. The molecule has 0 aromatic carbocycles. The molecule has 0 heterocycles. The van der Waals surface area contributed by atoms with Gasteiger partial charge in [0.1, 0.15) is 0 Å². The van der Waals surface area contributed by atoms with Crippen LogP contribution in [-0.4, -0.2) is 16.0 Å². The second kappa shape index (κ2) is 7.00. The average Bonchev–Trinajstić information content (AvgIpc) is 2.26. The zero-order valence-corrected chi connectivity index (χ0v) is 11.7. The van der Waals surface area contributed by atoms with E-state index >= 15 is 0 Å². The van der Waals surface area contributed by atoms with E-state index in [1.165, 1.54) is 0 Å². The first-order valence-electron chi connectivity index (χ1n) is 6.02. The highest BCUT2D eigenvalue weighted by Gasteiger charge is 2.18. The van der Waals surface area contributed by atoms with Gasteiger partial charge in [-0.3, -0.25) is 0 Å². The van der Waals surface area contributed by atoms with Crippen molar-refractivity contribution in [2.75, 3.05) is 0 Å². The van der Waals surface area contributed by atoms with Crippen molar-refractivity contribution in [1.29, 1.82) is 0 Å². The molecule has 1 atom stereocenters. The number of rotatable bonds is 6. The van der Waals surface area contributed by atoms with Crippen LogP contribution in [0, 0.1) is 0 Å². The maximum Gasteiger partial charge on any atom is 0.184 e. The lowest BCUT2D eigenvalue weighted by atomic mass is 10.1. The summed E-state index contributed by atoms with van der Waals surface area (Å²) in [6.07, 6.45) is 4.98. The number of allylic oxidation sites excluding steroid dienone is 4. The van der Waals surface area contributed by atoms with Gasteiger partial charge in [-0.05, 0) is 52.3 Å². The molecule has 0 unspecified atom stereocenters. The van der Waals surface area contributed by atoms with Crippen LogP contribution in [-0.2, 0) is 0 Å². The molecule has 0 amide bonds. The highest BCUT2D eigenvalue weighted by molar-refractivity contribution is 5.34. The highest BCUT2D eigenvalue weighted by atomic mass is 16.3. The van der Waals surface area contributed by atoms with Crippen molar-refractivity contribution in [3.63, 3.8) is 0 Å². The summed E-state index contributed by atoms with van der Waals surface area (Å²) < 4.78 is 0. The van der Waals surface area contributed by atoms with Gasteiger partial charge in [0, 0.05) is 11.7 Å². The number of hydrogen-bond acceptors (Lipinski definition) is 2. The van der Waals surface area contributed by atoms with Crippen molar-refractivity contribution in [1.82, 2.24) is 4.90 Å². The van der Waals surface area contributed by atoms with Gasteiger partial charge >= 0.3 is 0 Å². The molecule has 0 aliphatic carbocycles. The standard InChI is InChI=1S/C15H25NO/c1-8-12(5)10-15(11(3)4)16(14(7)17)13(6)9-2/h8,10,13,17H,3,7,9H2,1-2,4-6H3/b12-8-,15-10+/t13-/m0/s1. The lowest BCUT2D eigenvalue weighted by molar-refractivity contribution is 0.200. The maximum absolute atomic E-state index is 9.75. The predicted octanol–water partition coefficient (Wildman–Crippen LogP) is 4.54. The molecule has 0 fully saturated rings. The predicted molar refractivity (Wildman–Crippen MR) is 75.7 cm³/mol. The molecule has 2 nitrogen and oxygen atoms in total. The molecule has 0 saturated heterocycles. The van der Waals surface area contributed by atoms with Crippen LogP contribution in [0.5, 0.6) is 0 Å². The smallest absolute Gasteiger partial charge is 0.184 e. The Bertz CT molecular complexity index is 350. The number of nitrogens with zero attached hydrogens (tertiary/aromatic N) is 1. The fraction of sp³-hybridized carbons (Fsp3) is 0.467. The van der Waals surface area contributed by atoms with Crippen LogP contribution < -0.4 is 0 Å². The van der Waals surface area contributed by atoms with Gasteiger partial charge in [-0.2, -0.15) is 0 Å². The Morgan fingerprint density at radius 3 is 2.18 bits per heavy atom. The minimum atomic E-state index is 0.0671. The fourth-order valence-corrected chi connectivity index (χ4v) is 1.51. The Labute approximate surface area is 106 Å². The van der Waals surface area contributed by atoms with Gasteiger partial charge in [0.2, 0.25) is 0 Å². The van der Waals surface area contributed by atoms with Gasteiger partial charge in [0.15, 0.2) is 5.88 Å². The topological polar surface area (TPSA) is 23.5 Å². The van der Waals surface area contributed by atoms with Gasteiger partial charge in [0.25, 0.3) is 0 Å². The minimum Gasteiger partial charge on any atom is -0.495 e. The van der Waals surface area contributed by atoms with Crippen molar-refractivity contribution in [3.05, 3.63) is 48.0 Å². The summed E-state index contributed by atoms with van der Waals surface area (Å²) >= 11 is 0. The second-order valence-corrected chi connectivity index (χ2v) is 4.39. The van der Waals surface area contributed by atoms with Gasteiger partial charge in [-0.1, -0.05) is 25.2 Å². The summed E-state index contributed by atoms with van der Waals surface area (Å²) in [5.74, 6) is 0.0671. The van der Waals surface area contributed by atoms with Crippen molar-refractivity contribution in [3.8, 4) is 0 Å². The molecule has 0 spiro atoms. The molecule has 0 aliphatic rings. The average molecular weight is 235 g/mol. The van der Waals surface area contributed by atoms with E-state index in [0.717, 1.165) is 23.3 Å². The van der Waals surface area contributed by atoms with Crippen molar-refractivity contribution >= 4 is 0 Å². The zero-order chi connectivity index (χ0) is 13.6. The van der Waals surface area contributed by atoms with Gasteiger partial charge < -0.3 is 10.0 Å². The van der Waals surface area contributed by atoms with E-state index < -0.39 is 0 Å². The molecule has 2 heteroatoms. The first kappa shape index (κ1) is 15.6. The largest absolute Gasteiger partial charge is 0.495 e. The molecule has 0 bridgehead atoms. The maximum atomic E-state index is 9.75. The van der Waals surface area contributed by atoms with Crippen LogP contribution in [0.2, 0.25) is 0 Å². The first-order valence-corrected chi connectivity index (χ1v) is 6.02. The van der Waals surface area contributed by atoms with Crippen LogP contribution in [0.3, 0.4) is 0 Å². The quantitative estimate of drug-likeness (QED) is 0.539. The Kier molecular flexibility index (Phi) is 6.40. The Hall–Kier alpha value is -1.44. The fourth-order valence-electron chi connectivity index (χ4n) is 1.51. The molecular weight excluding hydrogens is 210 g/mol. The summed E-state index contributed by atoms with van der Waals surface area (Å²) in [6.45, 7) is 17.7. The van der Waals surface area contributed by atoms with E-state index in [1.807, 2.05) is 37.8 Å². The summed E-state index contributed by atoms with van der Waals surface area (Å²) in [7, 11) is 0. The SMILES string of the molecule is C=C(C)/C(=C\C(C)=C/C)N(C(=C)O)[C@@H](C)CC. The first-order chi connectivity index (χ1) is 7.84. The van der Waals surface area contributed by atoms with Crippen LogP contribution in [0.25, 0.3) is 0 Å². The summed E-state index contributed by atoms with van der Waals surface area (Å²) in [6, 6.07) is 0.195. The molecule has 0 rings (SSSR count). The van der Waals surface area contributed by atoms with Gasteiger partial charge in [0.05, 0.1) is 0 Å². The van der Waals surface area contributed by atoms with Crippen LogP contribution >= 0.6 is 0 Å². The number of hydrogen-bond donors (Lipinski definition) is 1. The summed E-state index contributed by atoms with van der Waals surface area (Å²) in [5.41, 5.74) is 2.97. The lowest BCUT2D eigenvalue weighted by Crippen LogP contribution is -2.31. The molecule has 0 aliphatic heterocycles. The molecule has 1 N–H and O–H groups in total. The van der Waals surface area contributed by atoms with Crippen LogP contribution in [0.4, 0.5) is 0 Å². The Morgan fingerprint density at radius 2 is 1.88 bits per heavy atom. The summed E-state index contributed by atoms with van der Waals surface area (Å²) in [4.78, 5) is 1.83. The Balaban J connectivity index is 5.48. The van der Waals surface area contributed by atoms with Crippen LogP contribution in [0.15, 0.2) is 48.0 Å². The second-order valence-electron chi connectivity index (χ2n) is 4.39. The third kappa shape index (κ3) is 4.51. The molecule has 0 aromatic rings. The molecule has 96 valence electrons. The lowest BCUT2D eigenvalue weighted by Gasteiger charge is -2.31. The van der Waals surface area contributed by atoms with Crippen molar-refractivity contribution in [2.45, 2.75) is 47.1 Å². The van der Waals surface area contributed by atoms with E-state index in [2.05, 4.69) is 27.0 Å². The third-order valence-electron chi connectivity index (χ3n) is 2.83. The van der Waals surface area contributed by atoms with E-state index in [1.54, 1.807) is 0 Å². The van der Waals surface area contributed by atoms with Crippen molar-refractivity contribution < 1.29 is 5.11 Å². The van der Waals surface area contributed by atoms with E-state index in [0.29, 0.717) is 0 Å². The van der Waals surface area contributed by atoms with E-state index in [9.17, 15) is 5.11 Å². The van der Waals surface area contributed by atoms with Gasteiger partial charge in [-0.25, -0.2) is 0 Å². The minimum absolute atomic E-state index is 0.0671. The molecule has 17 heavy (non-hydrogen) atoms. The summed E-state index contributed by atoms with van der Waals surface area (Å²) in [5, 5.41) is 9.75. The monoisotopic (exact) mass is 235 g/mol. The molecule has 0 saturated carbocycles. The normalized spacial score (nSPS) is 14.4. The third-order valence-corrected chi connectivity index (χ3v) is 2.83. The molecular formula is C15H25NO. The van der Waals surface area contributed by atoms with E-state index in [4.69, 9.17) is 0 Å². The van der Waals surface area contributed by atoms with Crippen LogP contribution in [0.1, 0.15) is 41.0 Å². The van der Waals surface area contributed by atoms with Crippen molar-refractivity contribution in [2.24, 2.45) is 0 Å². The number of aliphatic hydroxyl groups excluding tert-OH is 1. The van der Waals surface area contributed by atoms with Gasteiger partial charge in [-0.15, -0.1) is 0 Å².